The number of carboxylic acids is 1. The molecule has 0 radical (unpaired) electrons. The molecule has 0 fully saturated rings. The highest BCUT2D eigenvalue weighted by Crippen LogP contribution is 2.18. The lowest BCUT2D eigenvalue weighted by molar-refractivity contribution is -0.136. The van der Waals surface area contributed by atoms with Crippen LogP contribution in [-0.2, 0) is 11.2 Å². The molecule has 76 valence electrons. The molecule has 1 heterocycles. The van der Waals surface area contributed by atoms with Crippen LogP contribution in [0, 0.1) is 0 Å². The summed E-state index contributed by atoms with van der Waals surface area (Å²) in [6.07, 6.45) is 1.30. The molecule has 1 aromatic heterocycles. The molecule has 1 aromatic carbocycles. The van der Waals surface area contributed by atoms with E-state index in [0.717, 1.165) is 5.56 Å². The standard InChI is InChI=1S/C11H9NO3/c13-10(14)6-9-7-12-11(15-9)8-4-2-1-3-5-8/h1-5,7H,6H2,(H,13,14). The Balaban J connectivity index is 2.24. The molecule has 2 rings (SSSR count). The quantitative estimate of drug-likeness (QED) is 0.828. The molecular weight excluding hydrogens is 194 g/mol. The number of aromatic nitrogens is 1. The van der Waals surface area contributed by atoms with Crippen molar-refractivity contribution in [3.8, 4) is 11.5 Å². The molecule has 0 bridgehead atoms. The van der Waals surface area contributed by atoms with Crippen LogP contribution in [0.25, 0.3) is 11.5 Å². The lowest BCUT2D eigenvalue weighted by Crippen LogP contribution is -1.97. The molecule has 0 spiro atoms. The van der Waals surface area contributed by atoms with Gasteiger partial charge in [0, 0.05) is 5.56 Å². The topological polar surface area (TPSA) is 63.3 Å². The molecule has 0 unspecified atom stereocenters. The van der Waals surface area contributed by atoms with Gasteiger partial charge in [-0.1, -0.05) is 18.2 Å². The van der Waals surface area contributed by atoms with Crippen molar-refractivity contribution in [2.24, 2.45) is 0 Å². The van der Waals surface area contributed by atoms with Gasteiger partial charge in [0.15, 0.2) is 0 Å². The Hall–Kier alpha value is -2.10. The van der Waals surface area contributed by atoms with E-state index in [4.69, 9.17) is 9.52 Å². The third kappa shape index (κ3) is 2.22. The minimum absolute atomic E-state index is 0.139. The van der Waals surface area contributed by atoms with Gasteiger partial charge in [0.25, 0.3) is 0 Å². The van der Waals surface area contributed by atoms with Crippen molar-refractivity contribution < 1.29 is 14.3 Å². The molecule has 1 N–H and O–H groups in total. The maximum Gasteiger partial charge on any atom is 0.311 e. The summed E-state index contributed by atoms with van der Waals surface area (Å²) < 4.78 is 5.29. The van der Waals surface area contributed by atoms with Crippen LogP contribution >= 0.6 is 0 Å². The van der Waals surface area contributed by atoms with Gasteiger partial charge >= 0.3 is 5.97 Å². The number of hydrogen-bond donors (Lipinski definition) is 1. The van der Waals surface area contributed by atoms with Crippen LogP contribution in [0.4, 0.5) is 0 Å². The third-order valence-electron chi connectivity index (χ3n) is 1.90. The minimum Gasteiger partial charge on any atom is -0.481 e. The van der Waals surface area contributed by atoms with E-state index in [-0.39, 0.29) is 6.42 Å². The first-order valence-corrected chi connectivity index (χ1v) is 4.47. The maximum atomic E-state index is 10.4. The number of nitrogens with zero attached hydrogens (tertiary/aromatic N) is 1. The highest BCUT2D eigenvalue weighted by Gasteiger charge is 2.08. The van der Waals surface area contributed by atoms with Crippen LogP contribution in [0.5, 0.6) is 0 Å². The Morgan fingerprint density at radius 2 is 2.07 bits per heavy atom. The molecule has 0 atom stereocenters. The smallest absolute Gasteiger partial charge is 0.311 e. The predicted octanol–water partition coefficient (Wildman–Crippen LogP) is 1.97. The number of rotatable bonds is 3. The third-order valence-corrected chi connectivity index (χ3v) is 1.90. The zero-order valence-electron chi connectivity index (χ0n) is 7.88. The zero-order valence-corrected chi connectivity index (χ0v) is 7.88. The van der Waals surface area contributed by atoms with Gasteiger partial charge in [0.2, 0.25) is 5.89 Å². The summed E-state index contributed by atoms with van der Waals surface area (Å²) in [6, 6.07) is 9.35. The summed E-state index contributed by atoms with van der Waals surface area (Å²) in [5.41, 5.74) is 0.842. The Labute approximate surface area is 86.2 Å². The number of oxazole rings is 1. The molecule has 0 aliphatic heterocycles. The summed E-state index contributed by atoms with van der Waals surface area (Å²) >= 11 is 0. The van der Waals surface area contributed by atoms with Gasteiger partial charge in [0.1, 0.15) is 12.2 Å². The molecular formula is C11H9NO3. The SMILES string of the molecule is O=C(O)Cc1cnc(-c2ccccc2)o1. The summed E-state index contributed by atoms with van der Waals surface area (Å²) in [5, 5.41) is 8.56. The van der Waals surface area contributed by atoms with Crippen molar-refractivity contribution in [2.75, 3.05) is 0 Å². The van der Waals surface area contributed by atoms with E-state index in [1.54, 1.807) is 0 Å². The van der Waals surface area contributed by atoms with E-state index in [1.165, 1.54) is 6.20 Å². The van der Waals surface area contributed by atoms with Crippen molar-refractivity contribution in [1.29, 1.82) is 0 Å². The number of hydrogen-bond acceptors (Lipinski definition) is 3. The van der Waals surface area contributed by atoms with Crippen molar-refractivity contribution in [3.63, 3.8) is 0 Å². The highest BCUT2D eigenvalue weighted by molar-refractivity contribution is 5.69. The van der Waals surface area contributed by atoms with Crippen LogP contribution in [0.15, 0.2) is 40.9 Å². The van der Waals surface area contributed by atoms with Gasteiger partial charge < -0.3 is 9.52 Å². The van der Waals surface area contributed by atoms with E-state index in [9.17, 15) is 4.79 Å². The van der Waals surface area contributed by atoms with Gasteiger partial charge in [-0.2, -0.15) is 0 Å². The van der Waals surface area contributed by atoms with Gasteiger partial charge in [-0.05, 0) is 12.1 Å². The number of carboxylic acid groups (broad SMARTS) is 1. The molecule has 4 nitrogen and oxygen atoms in total. The van der Waals surface area contributed by atoms with Crippen molar-refractivity contribution in [3.05, 3.63) is 42.3 Å². The molecule has 0 saturated carbocycles. The normalized spacial score (nSPS) is 10.1. The average molecular weight is 203 g/mol. The monoisotopic (exact) mass is 203 g/mol. The van der Waals surface area contributed by atoms with Crippen molar-refractivity contribution in [2.45, 2.75) is 6.42 Å². The largest absolute Gasteiger partial charge is 0.481 e. The summed E-state index contributed by atoms with van der Waals surface area (Å²) in [6.45, 7) is 0. The van der Waals surface area contributed by atoms with Crippen LogP contribution in [0.1, 0.15) is 5.76 Å². The lowest BCUT2D eigenvalue weighted by Gasteiger charge is -1.93. The van der Waals surface area contributed by atoms with E-state index in [1.807, 2.05) is 30.3 Å². The van der Waals surface area contributed by atoms with Crippen LogP contribution in [0.3, 0.4) is 0 Å². The molecule has 0 amide bonds. The van der Waals surface area contributed by atoms with E-state index < -0.39 is 5.97 Å². The van der Waals surface area contributed by atoms with Gasteiger partial charge in [-0.25, -0.2) is 4.98 Å². The molecule has 15 heavy (non-hydrogen) atoms. The second-order valence-corrected chi connectivity index (χ2v) is 3.07. The molecule has 0 aliphatic rings. The van der Waals surface area contributed by atoms with Gasteiger partial charge in [-0.3, -0.25) is 4.79 Å². The highest BCUT2D eigenvalue weighted by atomic mass is 16.4. The van der Waals surface area contributed by atoms with Crippen LogP contribution < -0.4 is 0 Å². The predicted molar refractivity (Wildman–Crippen MR) is 53.3 cm³/mol. The van der Waals surface area contributed by atoms with Crippen LogP contribution in [-0.4, -0.2) is 16.1 Å². The molecule has 2 aromatic rings. The first-order valence-electron chi connectivity index (χ1n) is 4.47. The zero-order chi connectivity index (χ0) is 10.7. The van der Waals surface area contributed by atoms with E-state index in [2.05, 4.69) is 4.98 Å². The minimum atomic E-state index is -0.925. The number of aliphatic carboxylic acids is 1. The Kier molecular flexibility index (Phi) is 2.49. The molecule has 0 aliphatic carbocycles. The van der Waals surface area contributed by atoms with Crippen LogP contribution in [0.2, 0.25) is 0 Å². The fourth-order valence-electron chi connectivity index (χ4n) is 1.25. The van der Waals surface area contributed by atoms with E-state index >= 15 is 0 Å². The number of carbonyl (C=O) groups is 1. The van der Waals surface area contributed by atoms with E-state index in [0.29, 0.717) is 11.7 Å². The lowest BCUT2D eigenvalue weighted by atomic mass is 10.2. The fraction of sp³-hybridized carbons (Fsp3) is 0.0909. The number of benzene rings is 1. The van der Waals surface area contributed by atoms with Gasteiger partial charge in [0.05, 0.1) is 6.20 Å². The fourth-order valence-corrected chi connectivity index (χ4v) is 1.25. The average Bonchev–Trinajstić information content (AvgIpc) is 2.67. The molecule has 4 heteroatoms. The molecule has 0 saturated heterocycles. The summed E-state index contributed by atoms with van der Waals surface area (Å²) in [4.78, 5) is 14.4. The first-order chi connectivity index (χ1) is 7.25. The second kappa shape index (κ2) is 3.96. The maximum absolute atomic E-state index is 10.4. The van der Waals surface area contributed by atoms with Crippen molar-refractivity contribution in [1.82, 2.24) is 4.98 Å². The summed E-state index contributed by atoms with van der Waals surface area (Å²) in [7, 11) is 0. The Bertz CT molecular complexity index is 462. The summed E-state index contributed by atoms with van der Waals surface area (Å²) in [5.74, 6) is -0.112. The van der Waals surface area contributed by atoms with Crippen molar-refractivity contribution >= 4 is 5.97 Å². The van der Waals surface area contributed by atoms with Gasteiger partial charge in [-0.15, -0.1) is 0 Å². The Morgan fingerprint density at radius 3 is 2.73 bits per heavy atom. The Morgan fingerprint density at radius 1 is 1.33 bits per heavy atom. The first kappa shape index (κ1) is 9.45. The second-order valence-electron chi connectivity index (χ2n) is 3.07.